The lowest BCUT2D eigenvalue weighted by atomic mass is 10.2. The molecule has 1 aromatic rings. The number of rotatable bonds is 8. The van der Waals surface area contributed by atoms with Crippen molar-refractivity contribution in [1.29, 1.82) is 0 Å². The van der Waals surface area contributed by atoms with Gasteiger partial charge in [0.2, 0.25) is 0 Å². The molecule has 0 fully saturated rings. The maximum Gasteiger partial charge on any atom is 0.400 e. The predicted molar refractivity (Wildman–Crippen MR) is 65.6 cm³/mol. The van der Waals surface area contributed by atoms with Crippen LogP contribution in [0.3, 0.4) is 0 Å². The molecule has 0 amide bonds. The summed E-state index contributed by atoms with van der Waals surface area (Å²) < 4.78 is 32.1. The molecule has 0 saturated carbocycles. The molecular formula is C12H18O4S. The van der Waals surface area contributed by atoms with Gasteiger partial charge in [-0.2, -0.15) is 8.42 Å². The van der Waals surface area contributed by atoms with E-state index in [1.54, 1.807) is 12.1 Å². The van der Waals surface area contributed by atoms with E-state index in [9.17, 15) is 8.42 Å². The van der Waals surface area contributed by atoms with Gasteiger partial charge in [-0.15, -0.1) is 0 Å². The van der Waals surface area contributed by atoms with Gasteiger partial charge in [-0.1, -0.05) is 50.1 Å². The topological polar surface area (TPSA) is 52.6 Å². The van der Waals surface area contributed by atoms with E-state index >= 15 is 0 Å². The van der Waals surface area contributed by atoms with Gasteiger partial charge in [0.15, 0.2) is 0 Å². The molecule has 0 aliphatic carbocycles. The molecule has 0 saturated heterocycles. The van der Waals surface area contributed by atoms with Crippen LogP contribution in [0.15, 0.2) is 30.3 Å². The molecule has 4 nitrogen and oxygen atoms in total. The third-order valence-electron chi connectivity index (χ3n) is 2.19. The van der Waals surface area contributed by atoms with E-state index in [0.717, 1.165) is 24.8 Å². The Labute approximate surface area is 103 Å². The molecule has 1 aromatic carbocycles. The molecule has 0 aromatic heterocycles. The van der Waals surface area contributed by atoms with Gasteiger partial charge in [0.25, 0.3) is 0 Å². The van der Waals surface area contributed by atoms with Crippen molar-refractivity contribution < 1.29 is 16.8 Å². The lowest BCUT2D eigenvalue weighted by Gasteiger charge is -2.05. The van der Waals surface area contributed by atoms with Crippen molar-refractivity contribution in [2.75, 3.05) is 6.61 Å². The average Bonchev–Trinajstić information content (AvgIpc) is 2.34. The van der Waals surface area contributed by atoms with Crippen LogP contribution in [0, 0.1) is 0 Å². The molecule has 5 heteroatoms. The summed E-state index contributed by atoms with van der Waals surface area (Å²) in [5.74, 6) is 0. The Kier molecular flexibility index (Phi) is 6.18. The minimum atomic E-state index is -3.86. The highest BCUT2D eigenvalue weighted by atomic mass is 32.3. The highest BCUT2D eigenvalue weighted by Gasteiger charge is 2.11. The normalized spacial score (nSPS) is 11.6. The Morgan fingerprint density at radius 2 is 1.76 bits per heavy atom. The first-order valence-corrected chi connectivity index (χ1v) is 7.05. The first kappa shape index (κ1) is 14.2. The Balaban J connectivity index is 2.30. The van der Waals surface area contributed by atoms with Gasteiger partial charge in [0, 0.05) is 0 Å². The maximum atomic E-state index is 11.3. The van der Waals surface area contributed by atoms with Crippen molar-refractivity contribution in [3.8, 4) is 0 Å². The summed E-state index contributed by atoms with van der Waals surface area (Å²) >= 11 is 0. The van der Waals surface area contributed by atoms with Crippen molar-refractivity contribution >= 4 is 10.4 Å². The van der Waals surface area contributed by atoms with Crippen molar-refractivity contribution in [2.24, 2.45) is 0 Å². The molecule has 0 unspecified atom stereocenters. The summed E-state index contributed by atoms with van der Waals surface area (Å²) in [7, 11) is -3.86. The van der Waals surface area contributed by atoms with E-state index in [1.807, 2.05) is 25.1 Å². The zero-order valence-corrected chi connectivity index (χ0v) is 10.8. The molecule has 0 radical (unpaired) electrons. The number of unbranched alkanes of at least 4 members (excludes halogenated alkanes) is 2. The Morgan fingerprint density at radius 3 is 2.41 bits per heavy atom. The van der Waals surface area contributed by atoms with E-state index in [1.165, 1.54) is 0 Å². The highest BCUT2D eigenvalue weighted by Crippen LogP contribution is 2.06. The standard InChI is InChI=1S/C12H18O4S/c1-2-3-7-10-15-17(13,14)16-11-12-8-5-4-6-9-12/h4-6,8-9H,2-3,7,10-11H2,1H3. The summed E-state index contributed by atoms with van der Waals surface area (Å²) in [5, 5.41) is 0. The van der Waals surface area contributed by atoms with Gasteiger partial charge in [0.1, 0.15) is 0 Å². The quantitative estimate of drug-likeness (QED) is 0.673. The molecule has 0 N–H and O–H groups in total. The van der Waals surface area contributed by atoms with Crippen LogP contribution in [-0.4, -0.2) is 15.0 Å². The Hall–Kier alpha value is -0.910. The van der Waals surface area contributed by atoms with Gasteiger partial charge < -0.3 is 0 Å². The predicted octanol–water partition coefficient (Wildman–Crippen LogP) is 2.65. The molecule has 96 valence electrons. The Morgan fingerprint density at radius 1 is 1.06 bits per heavy atom. The maximum absolute atomic E-state index is 11.3. The van der Waals surface area contributed by atoms with E-state index in [4.69, 9.17) is 8.37 Å². The molecule has 17 heavy (non-hydrogen) atoms. The van der Waals surface area contributed by atoms with Crippen LogP contribution in [0.1, 0.15) is 31.7 Å². The molecule has 1 rings (SSSR count). The van der Waals surface area contributed by atoms with Crippen LogP contribution in [0.25, 0.3) is 0 Å². The lowest BCUT2D eigenvalue weighted by Crippen LogP contribution is -2.11. The fraction of sp³-hybridized carbons (Fsp3) is 0.500. The monoisotopic (exact) mass is 258 g/mol. The zero-order chi connectivity index (χ0) is 12.6. The zero-order valence-electron chi connectivity index (χ0n) is 9.96. The molecular weight excluding hydrogens is 240 g/mol. The fourth-order valence-corrected chi connectivity index (χ4v) is 1.93. The van der Waals surface area contributed by atoms with E-state index in [-0.39, 0.29) is 13.2 Å². The molecule has 0 spiro atoms. The van der Waals surface area contributed by atoms with Crippen LogP contribution in [-0.2, 0) is 25.4 Å². The molecule has 0 bridgehead atoms. The van der Waals surface area contributed by atoms with Gasteiger partial charge in [0.05, 0.1) is 13.2 Å². The number of hydrogen-bond donors (Lipinski definition) is 0. The fourth-order valence-electron chi connectivity index (χ4n) is 1.26. The first-order chi connectivity index (χ1) is 8.14. The van der Waals surface area contributed by atoms with Crippen molar-refractivity contribution in [3.05, 3.63) is 35.9 Å². The minimum Gasteiger partial charge on any atom is -0.248 e. The van der Waals surface area contributed by atoms with Crippen molar-refractivity contribution in [1.82, 2.24) is 0 Å². The summed E-state index contributed by atoms with van der Waals surface area (Å²) in [6, 6.07) is 9.11. The van der Waals surface area contributed by atoms with Crippen molar-refractivity contribution in [2.45, 2.75) is 32.8 Å². The third-order valence-corrected chi connectivity index (χ3v) is 3.05. The SMILES string of the molecule is CCCCCOS(=O)(=O)OCc1ccccc1. The van der Waals surface area contributed by atoms with Crippen molar-refractivity contribution in [3.63, 3.8) is 0 Å². The van der Waals surface area contributed by atoms with Gasteiger partial charge in [-0.25, -0.2) is 8.37 Å². The number of hydrogen-bond acceptors (Lipinski definition) is 4. The Bertz CT molecular complexity index is 400. The second-order valence-corrected chi connectivity index (χ2v) is 4.97. The van der Waals surface area contributed by atoms with Crippen LogP contribution in [0.5, 0.6) is 0 Å². The average molecular weight is 258 g/mol. The smallest absolute Gasteiger partial charge is 0.248 e. The summed E-state index contributed by atoms with van der Waals surface area (Å²) in [4.78, 5) is 0. The molecule has 0 heterocycles. The molecule has 0 aliphatic heterocycles. The van der Waals surface area contributed by atoms with Gasteiger partial charge in [-0.05, 0) is 12.0 Å². The lowest BCUT2D eigenvalue weighted by molar-refractivity contribution is 0.205. The minimum absolute atomic E-state index is 0.0109. The van der Waals surface area contributed by atoms with E-state index < -0.39 is 10.4 Å². The van der Waals surface area contributed by atoms with Gasteiger partial charge >= 0.3 is 10.4 Å². The highest BCUT2D eigenvalue weighted by molar-refractivity contribution is 7.81. The van der Waals surface area contributed by atoms with Crippen LogP contribution >= 0.6 is 0 Å². The summed E-state index contributed by atoms with van der Waals surface area (Å²) in [6.07, 6.45) is 2.70. The molecule has 0 atom stereocenters. The largest absolute Gasteiger partial charge is 0.400 e. The second-order valence-electron chi connectivity index (χ2n) is 3.69. The van der Waals surface area contributed by atoms with Crippen LogP contribution in [0.4, 0.5) is 0 Å². The van der Waals surface area contributed by atoms with E-state index in [2.05, 4.69) is 0 Å². The third kappa shape index (κ3) is 6.41. The summed E-state index contributed by atoms with van der Waals surface area (Å²) in [6.45, 7) is 2.24. The van der Waals surface area contributed by atoms with Gasteiger partial charge in [-0.3, -0.25) is 0 Å². The van der Waals surface area contributed by atoms with E-state index in [0.29, 0.717) is 0 Å². The number of benzene rings is 1. The first-order valence-electron chi connectivity index (χ1n) is 5.72. The molecule has 0 aliphatic rings. The second kappa shape index (κ2) is 7.42. The van der Waals surface area contributed by atoms with Crippen LogP contribution in [0.2, 0.25) is 0 Å². The van der Waals surface area contributed by atoms with Crippen LogP contribution < -0.4 is 0 Å². The summed E-state index contributed by atoms with van der Waals surface area (Å²) in [5.41, 5.74) is 0.799.